The molecular weight excluding hydrogens is 264 g/mol. The summed E-state index contributed by atoms with van der Waals surface area (Å²) in [5.41, 5.74) is 2.65. The van der Waals surface area contributed by atoms with Crippen LogP contribution in [-0.4, -0.2) is 43.6 Å². The van der Waals surface area contributed by atoms with Crippen LogP contribution in [0.1, 0.15) is 30.1 Å². The van der Waals surface area contributed by atoms with Gasteiger partial charge in [0.25, 0.3) is 5.91 Å². The molecule has 1 amide bonds. The van der Waals surface area contributed by atoms with Gasteiger partial charge in [-0.1, -0.05) is 24.3 Å². The average molecular weight is 286 g/mol. The fourth-order valence-corrected chi connectivity index (χ4v) is 4.03. The van der Waals surface area contributed by atoms with Crippen LogP contribution in [0.3, 0.4) is 0 Å². The van der Waals surface area contributed by atoms with Gasteiger partial charge >= 0.3 is 0 Å². The maximum atomic E-state index is 12.9. The summed E-state index contributed by atoms with van der Waals surface area (Å²) < 4.78 is 5.82. The summed E-state index contributed by atoms with van der Waals surface area (Å²) >= 11 is 0. The molecule has 4 nitrogen and oxygen atoms in total. The number of hydrogen-bond acceptors (Lipinski definition) is 3. The Labute approximate surface area is 125 Å². The van der Waals surface area contributed by atoms with Crippen LogP contribution in [0.25, 0.3) is 0 Å². The normalized spacial score (nSPS) is 31.6. The Morgan fingerprint density at radius 1 is 1.33 bits per heavy atom. The van der Waals surface area contributed by atoms with Crippen molar-refractivity contribution in [3.8, 4) is 0 Å². The van der Waals surface area contributed by atoms with Crippen LogP contribution < -0.4 is 5.32 Å². The van der Waals surface area contributed by atoms with E-state index in [-0.39, 0.29) is 12.0 Å². The van der Waals surface area contributed by atoms with Crippen molar-refractivity contribution in [3.05, 3.63) is 35.4 Å². The van der Waals surface area contributed by atoms with E-state index in [0.29, 0.717) is 12.0 Å². The van der Waals surface area contributed by atoms with Gasteiger partial charge in [0.15, 0.2) is 6.10 Å². The van der Waals surface area contributed by atoms with Gasteiger partial charge in [0.2, 0.25) is 0 Å². The van der Waals surface area contributed by atoms with Crippen LogP contribution in [0.15, 0.2) is 24.3 Å². The lowest BCUT2D eigenvalue weighted by atomic mass is 9.86. The summed E-state index contributed by atoms with van der Waals surface area (Å²) in [4.78, 5) is 14.9. The lowest BCUT2D eigenvalue weighted by molar-refractivity contribution is -0.144. The molecule has 2 unspecified atom stereocenters. The second kappa shape index (κ2) is 5.11. The van der Waals surface area contributed by atoms with Gasteiger partial charge in [0.05, 0.1) is 6.61 Å². The highest BCUT2D eigenvalue weighted by Gasteiger charge is 2.43. The Hall–Kier alpha value is -1.39. The van der Waals surface area contributed by atoms with Crippen molar-refractivity contribution in [1.82, 2.24) is 10.2 Å². The summed E-state index contributed by atoms with van der Waals surface area (Å²) in [7, 11) is 0. The van der Waals surface area contributed by atoms with E-state index in [2.05, 4.69) is 11.4 Å². The predicted octanol–water partition coefficient (Wildman–Crippen LogP) is 1.51. The first-order valence-electron chi connectivity index (χ1n) is 7.96. The minimum absolute atomic E-state index is 0.158. The minimum atomic E-state index is -0.389. The van der Waals surface area contributed by atoms with E-state index in [4.69, 9.17) is 4.74 Å². The number of nitrogens with zero attached hydrogens (tertiary/aromatic N) is 1. The Morgan fingerprint density at radius 3 is 3.10 bits per heavy atom. The first-order chi connectivity index (χ1) is 10.3. The van der Waals surface area contributed by atoms with E-state index in [1.807, 2.05) is 23.1 Å². The number of nitrogens with one attached hydrogen (secondary N) is 1. The SMILES string of the molecule is O=C(C1OCCc2ccccc21)N1CCC2(CCNC2)C1. The second-order valence-electron chi connectivity index (χ2n) is 6.64. The Kier molecular flexibility index (Phi) is 3.23. The van der Waals surface area contributed by atoms with Gasteiger partial charge in [0.1, 0.15) is 0 Å². The Morgan fingerprint density at radius 2 is 2.24 bits per heavy atom. The molecular formula is C17H22N2O2. The molecule has 21 heavy (non-hydrogen) atoms. The molecule has 2 atom stereocenters. The lowest BCUT2D eigenvalue weighted by Gasteiger charge is -2.30. The van der Waals surface area contributed by atoms with E-state index in [1.165, 1.54) is 12.0 Å². The number of likely N-dealkylation sites (tertiary alicyclic amines) is 1. The number of rotatable bonds is 1. The zero-order valence-electron chi connectivity index (χ0n) is 12.3. The van der Waals surface area contributed by atoms with Gasteiger partial charge in [-0.05, 0) is 36.9 Å². The smallest absolute Gasteiger partial charge is 0.256 e. The van der Waals surface area contributed by atoms with Crippen molar-refractivity contribution in [2.24, 2.45) is 5.41 Å². The van der Waals surface area contributed by atoms with Crippen molar-refractivity contribution < 1.29 is 9.53 Å². The minimum Gasteiger partial charge on any atom is -0.363 e. The summed E-state index contributed by atoms with van der Waals surface area (Å²) in [5.74, 6) is 0.158. The molecule has 1 N–H and O–H groups in total. The monoisotopic (exact) mass is 286 g/mol. The molecule has 3 heterocycles. The molecule has 0 radical (unpaired) electrons. The highest BCUT2D eigenvalue weighted by molar-refractivity contribution is 5.83. The predicted molar refractivity (Wildman–Crippen MR) is 80.0 cm³/mol. The number of carbonyl (C=O) groups excluding carboxylic acids is 1. The molecule has 3 aliphatic rings. The van der Waals surface area contributed by atoms with E-state index in [0.717, 1.165) is 44.6 Å². The summed E-state index contributed by atoms with van der Waals surface area (Å²) in [5, 5.41) is 3.44. The standard InChI is InChI=1S/C17H22N2O2/c20-16(19-9-7-17(12-19)6-8-18-11-17)15-14-4-2-1-3-13(14)5-10-21-15/h1-4,15,18H,5-12H2. The fraction of sp³-hybridized carbons (Fsp3) is 0.588. The van der Waals surface area contributed by atoms with Gasteiger partial charge in [-0.15, -0.1) is 0 Å². The first kappa shape index (κ1) is 13.3. The van der Waals surface area contributed by atoms with Gasteiger partial charge in [-0.3, -0.25) is 4.79 Å². The van der Waals surface area contributed by atoms with Crippen LogP contribution in [0.4, 0.5) is 0 Å². The highest BCUT2D eigenvalue weighted by Crippen LogP contribution is 2.38. The van der Waals surface area contributed by atoms with Crippen LogP contribution in [0.2, 0.25) is 0 Å². The number of ether oxygens (including phenoxy) is 1. The number of hydrogen-bond donors (Lipinski definition) is 1. The van der Waals surface area contributed by atoms with Gasteiger partial charge in [0, 0.05) is 25.0 Å². The number of amides is 1. The highest BCUT2D eigenvalue weighted by atomic mass is 16.5. The zero-order chi connectivity index (χ0) is 14.3. The zero-order valence-corrected chi connectivity index (χ0v) is 12.3. The van der Waals surface area contributed by atoms with E-state index >= 15 is 0 Å². The van der Waals surface area contributed by atoms with Crippen molar-refractivity contribution >= 4 is 5.91 Å². The Bertz CT molecular complexity index is 551. The molecule has 4 heteroatoms. The van der Waals surface area contributed by atoms with Crippen molar-refractivity contribution in [2.75, 3.05) is 32.8 Å². The molecule has 1 spiro atoms. The summed E-state index contributed by atoms with van der Waals surface area (Å²) in [6, 6.07) is 8.20. The molecule has 0 saturated carbocycles. The molecule has 2 saturated heterocycles. The quantitative estimate of drug-likeness (QED) is 0.851. The number of carbonyl (C=O) groups is 1. The van der Waals surface area contributed by atoms with Crippen LogP contribution >= 0.6 is 0 Å². The fourth-order valence-electron chi connectivity index (χ4n) is 4.03. The van der Waals surface area contributed by atoms with Crippen LogP contribution in [0.5, 0.6) is 0 Å². The second-order valence-corrected chi connectivity index (χ2v) is 6.64. The molecule has 0 bridgehead atoms. The van der Waals surface area contributed by atoms with E-state index in [9.17, 15) is 4.79 Å². The third kappa shape index (κ3) is 2.27. The molecule has 0 aromatic heterocycles. The van der Waals surface area contributed by atoms with Crippen LogP contribution in [-0.2, 0) is 16.0 Å². The number of fused-ring (bicyclic) bond motifs is 1. The molecule has 4 rings (SSSR count). The average Bonchev–Trinajstić information content (AvgIpc) is 3.17. The lowest BCUT2D eigenvalue weighted by Crippen LogP contribution is -2.38. The molecule has 1 aromatic carbocycles. The van der Waals surface area contributed by atoms with Crippen molar-refractivity contribution in [1.29, 1.82) is 0 Å². The van der Waals surface area contributed by atoms with Gasteiger partial charge < -0.3 is 15.0 Å². The number of benzene rings is 1. The van der Waals surface area contributed by atoms with E-state index < -0.39 is 0 Å². The van der Waals surface area contributed by atoms with Gasteiger partial charge in [-0.2, -0.15) is 0 Å². The third-order valence-electron chi connectivity index (χ3n) is 5.30. The molecule has 2 fully saturated rings. The van der Waals surface area contributed by atoms with Crippen LogP contribution in [0, 0.1) is 5.41 Å². The first-order valence-corrected chi connectivity index (χ1v) is 7.96. The Balaban J connectivity index is 1.54. The van der Waals surface area contributed by atoms with Crippen molar-refractivity contribution in [3.63, 3.8) is 0 Å². The third-order valence-corrected chi connectivity index (χ3v) is 5.30. The van der Waals surface area contributed by atoms with Gasteiger partial charge in [-0.25, -0.2) is 0 Å². The molecule has 0 aliphatic carbocycles. The molecule has 1 aromatic rings. The van der Waals surface area contributed by atoms with Crippen molar-refractivity contribution in [2.45, 2.75) is 25.4 Å². The molecule has 3 aliphatic heterocycles. The summed E-state index contributed by atoms with van der Waals surface area (Å²) in [6.45, 7) is 4.56. The molecule has 112 valence electrons. The van der Waals surface area contributed by atoms with E-state index in [1.54, 1.807) is 0 Å². The maximum absolute atomic E-state index is 12.9. The summed E-state index contributed by atoms with van der Waals surface area (Å²) in [6.07, 6.45) is 2.84. The maximum Gasteiger partial charge on any atom is 0.256 e. The largest absolute Gasteiger partial charge is 0.363 e. The topological polar surface area (TPSA) is 41.6 Å².